The summed E-state index contributed by atoms with van der Waals surface area (Å²) in [6.45, 7) is 11.2. The van der Waals surface area contributed by atoms with Crippen molar-refractivity contribution in [3.63, 3.8) is 0 Å². The molecule has 1 aromatic carbocycles. The molecule has 2 aromatic heterocycles. The molecule has 0 bridgehead atoms. The van der Waals surface area contributed by atoms with Crippen molar-refractivity contribution in [3.8, 4) is 0 Å². The smallest absolute Gasteiger partial charge is 0.309 e. The summed E-state index contributed by atoms with van der Waals surface area (Å²) in [5.74, 6) is -1.17. The van der Waals surface area contributed by atoms with Gasteiger partial charge in [-0.25, -0.2) is 9.50 Å². The highest BCUT2D eigenvalue weighted by atomic mass is 16.4. The van der Waals surface area contributed by atoms with E-state index in [9.17, 15) is 19.5 Å². The molecule has 2 aliphatic rings. The molecule has 2 amide bonds. The van der Waals surface area contributed by atoms with Crippen LogP contribution in [0.4, 0.5) is 5.69 Å². The number of pyridine rings is 1. The quantitative estimate of drug-likeness (QED) is 0.489. The van der Waals surface area contributed by atoms with Crippen molar-refractivity contribution in [2.24, 2.45) is 5.41 Å². The van der Waals surface area contributed by atoms with Crippen molar-refractivity contribution in [1.82, 2.24) is 24.4 Å². The van der Waals surface area contributed by atoms with Gasteiger partial charge in [0, 0.05) is 51.1 Å². The monoisotopic (exact) mass is 560 g/mol. The Morgan fingerprint density at radius 1 is 1.00 bits per heavy atom. The van der Waals surface area contributed by atoms with E-state index >= 15 is 0 Å². The average Bonchev–Trinajstić information content (AvgIpc) is 3.53. The molecule has 2 fully saturated rings. The van der Waals surface area contributed by atoms with Gasteiger partial charge >= 0.3 is 5.97 Å². The SMILES string of the molecule is Cc1cc(N2CC[C@](C)(c3ccccc3)C2)cn2nc(C(=O)N3CCCN(C(=O)CC(C)(C)C(=O)O)CCC3)nc12. The zero-order valence-corrected chi connectivity index (χ0v) is 24.5. The van der Waals surface area contributed by atoms with Crippen LogP contribution < -0.4 is 4.90 Å². The van der Waals surface area contributed by atoms with E-state index in [0.29, 0.717) is 44.7 Å². The fourth-order valence-electron chi connectivity index (χ4n) is 5.94. The summed E-state index contributed by atoms with van der Waals surface area (Å²) in [4.78, 5) is 48.1. The third-order valence-corrected chi connectivity index (χ3v) is 8.63. The Hall–Kier alpha value is -3.95. The predicted molar refractivity (Wildman–Crippen MR) is 156 cm³/mol. The van der Waals surface area contributed by atoms with E-state index < -0.39 is 11.4 Å². The van der Waals surface area contributed by atoms with Crippen LogP contribution in [0, 0.1) is 12.3 Å². The lowest BCUT2D eigenvalue weighted by Gasteiger charge is -2.31. The molecule has 1 atom stereocenters. The third kappa shape index (κ3) is 5.92. The number of amides is 2. The van der Waals surface area contributed by atoms with Gasteiger partial charge in [0.2, 0.25) is 11.7 Å². The highest BCUT2D eigenvalue weighted by molar-refractivity contribution is 5.91. The number of hydrogen-bond donors (Lipinski definition) is 1. The highest BCUT2D eigenvalue weighted by Gasteiger charge is 2.36. The van der Waals surface area contributed by atoms with Gasteiger partial charge in [0.25, 0.3) is 5.91 Å². The number of carbonyl (C=O) groups is 3. The van der Waals surface area contributed by atoms with Gasteiger partial charge in [-0.05, 0) is 57.2 Å². The lowest BCUT2D eigenvalue weighted by atomic mass is 9.82. The molecule has 1 N–H and O–H groups in total. The molecule has 3 aromatic rings. The Kier molecular flexibility index (Phi) is 7.76. The van der Waals surface area contributed by atoms with Crippen LogP contribution in [0.1, 0.15) is 68.2 Å². The van der Waals surface area contributed by atoms with Crippen molar-refractivity contribution in [2.45, 2.75) is 58.8 Å². The normalized spacial score (nSPS) is 20.2. The van der Waals surface area contributed by atoms with E-state index in [1.165, 1.54) is 5.56 Å². The van der Waals surface area contributed by atoms with Crippen molar-refractivity contribution in [2.75, 3.05) is 44.2 Å². The number of hydrogen-bond acceptors (Lipinski definition) is 6. The second kappa shape index (κ2) is 11.1. The average molecular weight is 561 g/mol. The Bertz CT molecular complexity index is 1440. The van der Waals surface area contributed by atoms with E-state index in [1.54, 1.807) is 28.2 Å². The molecular formula is C31H40N6O4. The summed E-state index contributed by atoms with van der Waals surface area (Å²) in [6.07, 6.45) is 4.21. The molecule has 10 nitrogen and oxygen atoms in total. The summed E-state index contributed by atoms with van der Waals surface area (Å²) in [5.41, 5.74) is 3.02. The highest BCUT2D eigenvalue weighted by Crippen LogP contribution is 2.36. The van der Waals surface area contributed by atoms with Crippen molar-refractivity contribution in [1.29, 1.82) is 0 Å². The minimum atomic E-state index is -1.11. The van der Waals surface area contributed by atoms with Gasteiger partial charge in [0.1, 0.15) is 0 Å². The Balaban J connectivity index is 1.25. The van der Waals surface area contributed by atoms with E-state index in [-0.39, 0.29) is 29.5 Å². The summed E-state index contributed by atoms with van der Waals surface area (Å²) in [6, 6.07) is 12.8. The predicted octanol–water partition coefficient (Wildman–Crippen LogP) is 3.77. The standard InChI is InChI=1S/C31H40N6O4/c1-22-18-24(36-17-12-31(4,21-36)23-10-6-5-7-11-23)20-37-27(22)32-26(33-37)28(39)35-15-8-13-34(14-9-16-35)25(38)19-30(2,3)29(40)41/h5-7,10-11,18,20H,8-9,12-17,19,21H2,1-4H3,(H,40,41)/t31-/m0/s1. The number of carboxylic acids is 1. The summed E-state index contributed by atoms with van der Waals surface area (Å²) >= 11 is 0. The van der Waals surface area contributed by atoms with Gasteiger partial charge in [0.05, 0.1) is 17.3 Å². The first-order chi connectivity index (χ1) is 19.5. The molecule has 2 aliphatic heterocycles. The van der Waals surface area contributed by atoms with Gasteiger partial charge in [0.15, 0.2) is 5.65 Å². The molecule has 0 aliphatic carbocycles. The Labute approximate surface area is 240 Å². The number of fused-ring (bicyclic) bond motifs is 1. The van der Waals surface area contributed by atoms with Crippen LogP contribution in [0.15, 0.2) is 42.6 Å². The van der Waals surface area contributed by atoms with Crippen LogP contribution in [0.25, 0.3) is 5.65 Å². The zero-order valence-electron chi connectivity index (χ0n) is 24.5. The molecular weight excluding hydrogens is 520 g/mol. The van der Waals surface area contributed by atoms with Crippen LogP contribution in [-0.4, -0.2) is 86.6 Å². The number of nitrogens with zero attached hydrogens (tertiary/aromatic N) is 6. The molecule has 0 unspecified atom stereocenters. The maximum absolute atomic E-state index is 13.4. The maximum atomic E-state index is 13.4. The number of aromatic nitrogens is 3. The fraction of sp³-hybridized carbons (Fsp3) is 0.516. The van der Waals surface area contributed by atoms with Crippen LogP contribution in [0.5, 0.6) is 0 Å². The van der Waals surface area contributed by atoms with Crippen LogP contribution >= 0.6 is 0 Å². The van der Waals surface area contributed by atoms with Gasteiger partial charge in [-0.15, -0.1) is 5.10 Å². The van der Waals surface area contributed by atoms with Crippen molar-refractivity contribution >= 4 is 29.1 Å². The molecule has 218 valence electrons. The number of carbonyl (C=O) groups excluding carboxylic acids is 2. The fourth-order valence-corrected chi connectivity index (χ4v) is 5.94. The van der Waals surface area contributed by atoms with Crippen molar-refractivity contribution < 1.29 is 19.5 Å². The molecule has 0 saturated carbocycles. The van der Waals surface area contributed by atoms with E-state index in [4.69, 9.17) is 0 Å². The topological polar surface area (TPSA) is 111 Å². The lowest BCUT2D eigenvalue weighted by molar-refractivity contribution is -0.151. The van der Waals surface area contributed by atoms with E-state index in [1.807, 2.05) is 13.1 Å². The minimum Gasteiger partial charge on any atom is -0.481 e. The second-order valence-corrected chi connectivity index (χ2v) is 12.4. The molecule has 41 heavy (non-hydrogen) atoms. The van der Waals surface area contributed by atoms with Crippen LogP contribution in [0.2, 0.25) is 0 Å². The number of benzene rings is 1. The number of aliphatic carboxylic acids is 1. The van der Waals surface area contributed by atoms with E-state index in [0.717, 1.165) is 30.8 Å². The molecule has 4 heterocycles. The molecule has 5 rings (SSSR count). The number of carboxylic acid groups (broad SMARTS) is 1. The number of rotatable bonds is 6. The minimum absolute atomic E-state index is 0.0413. The second-order valence-electron chi connectivity index (χ2n) is 12.4. The largest absolute Gasteiger partial charge is 0.481 e. The molecule has 2 saturated heterocycles. The number of aryl methyl sites for hydroxylation is 1. The summed E-state index contributed by atoms with van der Waals surface area (Å²) < 4.78 is 1.73. The molecule has 0 radical (unpaired) electrons. The van der Waals surface area contributed by atoms with Crippen molar-refractivity contribution in [3.05, 3.63) is 59.5 Å². The van der Waals surface area contributed by atoms with Crippen LogP contribution in [0.3, 0.4) is 0 Å². The zero-order chi connectivity index (χ0) is 29.4. The summed E-state index contributed by atoms with van der Waals surface area (Å²) in [5, 5.41) is 14.0. The first-order valence-corrected chi connectivity index (χ1v) is 14.4. The third-order valence-electron chi connectivity index (χ3n) is 8.63. The van der Waals surface area contributed by atoms with Gasteiger partial charge in [-0.1, -0.05) is 37.3 Å². The molecule has 0 spiro atoms. The number of anilines is 1. The molecule has 10 heteroatoms. The van der Waals surface area contributed by atoms with Gasteiger partial charge in [-0.2, -0.15) is 0 Å². The van der Waals surface area contributed by atoms with Gasteiger partial charge < -0.3 is 19.8 Å². The Morgan fingerprint density at radius 3 is 2.32 bits per heavy atom. The summed E-state index contributed by atoms with van der Waals surface area (Å²) in [7, 11) is 0. The first-order valence-electron chi connectivity index (χ1n) is 14.4. The first kappa shape index (κ1) is 28.6. The Morgan fingerprint density at radius 2 is 1.66 bits per heavy atom. The van der Waals surface area contributed by atoms with Crippen LogP contribution in [-0.2, 0) is 15.0 Å². The van der Waals surface area contributed by atoms with E-state index in [2.05, 4.69) is 58.3 Å². The van der Waals surface area contributed by atoms with Gasteiger partial charge in [-0.3, -0.25) is 14.4 Å². The lowest BCUT2D eigenvalue weighted by Crippen LogP contribution is -2.43. The maximum Gasteiger partial charge on any atom is 0.309 e.